The zero-order valence-corrected chi connectivity index (χ0v) is 11.9. The van der Waals surface area contributed by atoms with E-state index in [0.29, 0.717) is 6.54 Å². The number of ether oxygens (including phenoxy) is 1. The van der Waals surface area contributed by atoms with Crippen molar-refractivity contribution in [3.8, 4) is 0 Å². The highest BCUT2D eigenvalue weighted by atomic mass is 16.5. The number of aliphatic hydroxyl groups excluding tert-OH is 2. The lowest BCUT2D eigenvalue weighted by atomic mass is 10.0. The van der Waals surface area contributed by atoms with Crippen molar-refractivity contribution in [2.45, 2.75) is 39.1 Å². The second kappa shape index (κ2) is 5.49. The molecule has 0 spiro atoms. The van der Waals surface area contributed by atoms with E-state index in [0.717, 1.165) is 23.4 Å². The van der Waals surface area contributed by atoms with Gasteiger partial charge in [-0.25, -0.2) is 0 Å². The molecule has 1 atom stereocenters. The molecule has 0 bridgehead atoms. The number of hydrogen-bond acceptors (Lipinski definition) is 4. The fraction of sp³-hybridized carbons (Fsp3) is 0.600. The molecule has 0 aromatic heterocycles. The van der Waals surface area contributed by atoms with Crippen LogP contribution >= 0.6 is 0 Å². The Kier molecular flexibility index (Phi) is 4.13. The molecule has 4 nitrogen and oxygen atoms in total. The van der Waals surface area contributed by atoms with Crippen LogP contribution in [0.25, 0.3) is 0 Å². The Morgan fingerprint density at radius 3 is 2.68 bits per heavy atom. The number of anilines is 1. The molecule has 19 heavy (non-hydrogen) atoms. The van der Waals surface area contributed by atoms with Gasteiger partial charge in [0.1, 0.15) is 0 Å². The summed E-state index contributed by atoms with van der Waals surface area (Å²) in [6.45, 7) is 7.72. The van der Waals surface area contributed by atoms with Crippen LogP contribution in [0.4, 0.5) is 5.69 Å². The molecule has 1 unspecified atom stereocenters. The third-order valence-electron chi connectivity index (χ3n) is 3.47. The minimum Gasteiger partial charge on any atom is -0.394 e. The Balaban J connectivity index is 2.25. The normalized spacial score (nSPS) is 22.6. The molecule has 1 fully saturated rings. The van der Waals surface area contributed by atoms with E-state index in [9.17, 15) is 5.11 Å². The van der Waals surface area contributed by atoms with Gasteiger partial charge in [0.05, 0.1) is 24.9 Å². The Labute approximate surface area is 114 Å². The van der Waals surface area contributed by atoms with Crippen LogP contribution in [0.2, 0.25) is 0 Å². The second-order valence-electron chi connectivity index (χ2n) is 5.84. The summed E-state index contributed by atoms with van der Waals surface area (Å²) in [5, 5.41) is 18.5. The molecule has 2 N–H and O–H groups in total. The van der Waals surface area contributed by atoms with Gasteiger partial charge < -0.3 is 19.8 Å². The first-order valence-electron chi connectivity index (χ1n) is 6.69. The summed E-state index contributed by atoms with van der Waals surface area (Å²) in [5.74, 6) is 0. The number of nitrogens with zero attached hydrogens (tertiary/aromatic N) is 1. The summed E-state index contributed by atoms with van der Waals surface area (Å²) in [6.07, 6.45) is -0.152. The SMILES string of the molecule is Cc1cc(CO)ccc1N1CC(CO)OC(C)(C)C1. The number of aliphatic hydroxyl groups is 2. The minimum absolute atomic E-state index is 0.0354. The van der Waals surface area contributed by atoms with Crippen molar-refractivity contribution in [3.63, 3.8) is 0 Å². The van der Waals surface area contributed by atoms with Crippen LogP contribution in [0.15, 0.2) is 18.2 Å². The van der Waals surface area contributed by atoms with E-state index in [1.165, 1.54) is 0 Å². The van der Waals surface area contributed by atoms with Gasteiger partial charge >= 0.3 is 0 Å². The number of rotatable bonds is 3. The van der Waals surface area contributed by atoms with Crippen LogP contribution in [0.1, 0.15) is 25.0 Å². The number of morpholine rings is 1. The first kappa shape index (κ1) is 14.3. The Bertz CT molecular complexity index is 445. The van der Waals surface area contributed by atoms with E-state index >= 15 is 0 Å². The molecule has 1 aliphatic heterocycles. The largest absolute Gasteiger partial charge is 0.394 e. The van der Waals surface area contributed by atoms with Crippen LogP contribution in [-0.2, 0) is 11.3 Å². The van der Waals surface area contributed by atoms with Crippen LogP contribution in [0.5, 0.6) is 0 Å². The summed E-state index contributed by atoms with van der Waals surface area (Å²) in [7, 11) is 0. The Morgan fingerprint density at radius 1 is 1.37 bits per heavy atom. The zero-order chi connectivity index (χ0) is 14.0. The van der Waals surface area contributed by atoms with E-state index in [1.807, 2.05) is 39.0 Å². The standard InChI is InChI=1S/C15H23NO3/c1-11-6-12(8-17)4-5-14(11)16-7-13(9-18)19-15(2,3)10-16/h4-6,13,17-18H,7-10H2,1-3H3. The average molecular weight is 265 g/mol. The highest BCUT2D eigenvalue weighted by molar-refractivity contribution is 5.55. The zero-order valence-electron chi connectivity index (χ0n) is 11.9. The van der Waals surface area contributed by atoms with E-state index < -0.39 is 0 Å². The van der Waals surface area contributed by atoms with Gasteiger partial charge in [0, 0.05) is 18.8 Å². The monoisotopic (exact) mass is 265 g/mol. The predicted octanol–water partition coefficient (Wildman–Crippen LogP) is 1.46. The smallest absolute Gasteiger partial charge is 0.0988 e. The van der Waals surface area contributed by atoms with Crippen molar-refractivity contribution in [3.05, 3.63) is 29.3 Å². The maximum absolute atomic E-state index is 9.35. The van der Waals surface area contributed by atoms with Crippen molar-refractivity contribution in [1.29, 1.82) is 0 Å². The first-order valence-corrected chi connectivity index (χ1v) is 6.69. The van der Waals surface area contributed by atoms with Crippen molar-refractivity contribution < 1.29 is 14.9 Å². The molecular weight excluding hydrogens is 242 g/mol. The van der Waals surface area contributed by atoms with Crippen molar-refractivity contribution >= 4 is 5.69 Å². The van der Waals surface area contributed by atoms with E-state index in [2.05, 4.69) is 4.90 Å². The summed E-state index contributed by atoms with van der Waals surface area (Å²) in [4.78, 5) is 2.25. The lowest BCUT2D eigenvalue weighted by Gasteiger charge is -2.44. The third-order valence-corrected chi connectivity index (χ3v) is 3.47. The molecule has 1 aromatic rings. The maximum atomic E-state index is 9.35. The molecule has 0 radical (unpaired) electrons. The Morgan fingerprint density at radius 2 is 2.11 bits per heavy atom. The summed E-state index contributed by atoms with van der Waals surface area (Å²) < 4.78 is 5.83. The molecular formula is C15H23NO3. The highest BCUT2D eigenvalue weighted by Gasteiger charge is 2.33. The third kappa shape index (κ3) is 3.26. The van der Waals surface area contributed by atoms with Crippen LogP contribution in [0, 0.1) is 6.92 Å². The van der Waals surface area contributed by atoms with Crippen LogP contribution in [0.3, 0.4) is 0 Å². The summed E-state index contributed by atoms with van der Waals surface area (Å²) in [6, 6.07) is 5.99. The van der Waals surface area contributed by atoms with E-state index in [1.54, 1.807) is 0 Å². The van der Waals surface area contributed by atoms with Gasteiger partial charge in [0.25, 0.3) is 0 Å². The molecule has 4 heteroatoms. The van der Waals surface area contributed by atoms with E-state index in [4.69, 9.17) is 9.84 Å². The van der Waals surface area contributed by atoms with Gasteiger partial charge in [0.15, 0.2) is 0 Å². The molecule has 0 saturated carbocycles. The lowest BCUT2D eigenvalue weighted by molar-refractivity contribution is -0.101. The molecule has 1 aromatic carbocycles. The summed E-state index contributed by atoms with van der Waals surface area (Å²) in [5.41, 5.74) is 2.94. The molecule has 0 amide bonds. The maximum Gasteiger partial charge on any atom is 0.0988 e. The molecule has 106 valence electrons. The fourth-order valence-electron chi connectivity index (χ4n) is 2.74. The van der Waals surface area contributed by atoms with Gasteiger partial charge in [-0.05, 0) is 38.0 Å². The van der Waals surface area contributed by atoms with Crippen molar-refractivity contribution in [2.24, 2.45) is 0 Å². The number of aryl methyl sites for hydroxylation is 1. The number of benzene rings is 1. The molecule has 1 aliphatic rings. The predicted molar refractivity (Wildman–Crippen MR) is 75.4 cm³/mol. The van der Waals surface area contributed by atoms with Crippen LogP contribution in [-0.4, -0.2) is 41.6 Å². The van der Waals surface area contributed by atoms with Crippen molar-refractivity contribution in [1.82, 2.24) is 0 Å². The van der Waals surface area contributed by atoms with Crippen LogP contribution < -0.4 is 4.90 Å². The van der Waals surface area contributed by atoms with Gasteiger partial charge in [-0.15, -0.1) is 0 Å². The average Bonchev–Trinajstić information content (AvgIpc) is 2.36. The van der Waals surface area contributed by atoms with Gasteiger partial charge in [-0.1, -0.05) is 12.1 Å². The highest BCUT2D eigenvalue weighted by Crippen LogP contribution is 2.28. The topological polar surface area (TPSA) is 52.9 Å². The van der Waals surface area contributed by atoms with Crippen molar-refractivity contribution in [2.75, 3.05) is 24.6 Å². The molecule has 1 saturated heterocycles. The second-order valence-corrected chi connectivity index (χ2v) is 5.84. The van der Waals surface area contributed by atoms with E-state index in [-0.39, 0.29) is 24.9 Å². The summed E-state index contributed by atoms with van der Waals surface area (Å²) >= 11 is 0. The quantitative estimate of drug-likeness (QED) is 0.869. The fourth-order valence-corrected chi connectivity index (χ4v) is 2.74. The first-order chi connectivity index (χ1) is 8.95. The molecule has 0 aliphatic carbocycles. The van der Waals surface area contributed by atoms with Gasteiger partial charge in [-0.2, -0.15) is 0 Å². The molecule has 1 heterocycles. The van der Waals surface area contributed by atoms with Gasteiger partial charge in [-0.3, -0.25) is 0 Å². The Hall–Kier alpha value is -1.10. The number of hydrogen-bond donors (Lipinski definition) is 2. The van der Waals surface area contributed by atoms with Gasteiger partial charge in [0.2, 0.25) is 0 Å². The molecule has 2 rings (SSSR count). The minimum atomic E-state index is -0.270. The lowest BCUT2D eigenvalue weighted by Crippen LogP contribution is -2.54.